The van der Waals surface area contributed by atoms with Gasteiger partial charge < -0.3 is 20.5 Å². The van der Waals surface area contributed by atoms with Gasteiger partial charge in [-0.2, -0.15) is 0 Å². The summed E-state index contributed by atoms with van der Waals surface area (Å²) in [5, 5.41) is 18.7. The number of carbonyl (C=O) groups excluding carboxylic acids is 1. The van der Waals surface area contributed by atoms with Gasteiger partial charge in [-0.15, -0.1) is 0 Å². The molecule has 0 radical (unpaired) electrons. The molecule has 6 rings (SSSR count). The summed E-state index contributed by atoms with van der Waals surface area (Å²) in [6.07, 6.45) is 0.116. The van der Waals surface area contributed by atoms with E-state index < -0.39 is 17.9 Å². The molecule has 7 heteroatoms. The molecule has 6 nitrogen and oxygen atoms in total. The second-order valence-corrected chi connectivity index (χ2v) is 11.3. The molecule has 0 bridgehead atoms. The molecule has 1 atom stereocenters. The Hall–Kier alpha value is -5.59. The third kappa shape index (κ3) is 7.37. The minimum atomic E-state index is -1.14. The van der Waals surface area contributed by atoms with E-state index in [9.17, 15) is 14.7 Å². The van der Waals surface area contributed by atoms with E-state index in [-0.39, 0.29) is 12.0 Å². The van der Waals surface area contributed by atoms with Gasteiger partial charge in [-0.05, 0) is 75.5 Å². The van der Waals surface area contributed by atoms with Crippen molar-refractivity contribution in [2.75, 3.05) is 5.32 Å². The first kappa shape index (κ1) is 30.4. The maximum absolute atomic E-state index is 13.4. The van der Waals surface area contributed by atoms with Gasteiger partial charge in [-0.1, -0.05) is 109 Å². The molecule has 0 aliphatic heterocycles. The van der Waals surface area contributed by atoms with Crippen molar-refractivity contribution in [3.05, 3.63) is 161 Å². The summed E-state index contributed by atoms with van der Waals surface area (Å²) < 4.78 is 5.88. The Bertz CT molecular complexity index is 1970. The summed E-state index contributed by atoms with van der Waals surface area (Å²) in [5.74, 6) is -0.148. The lowest BCUT2D eigenvalue weighted by molar-refractivity contribution is -0.139. The molecule has 0 spiro atoms. The molecule has 0 saturated heterocycles. The molecule has 0 unspecified atom stereocenters. The Balaban J connectivity index is 1.12. The van der Waals surface area contributed by atoms with Crippen molar-refractivity contribution >= 4 is 39.9 Å². The Labute approximate surface area is 272 Å². The van der Waals surface area contributed by atoms with E-state index in [0.717, 1.165) is 44.5 Å². The predicted molar refractivity (Wildman–Crippen MR) is 184 cm³/mol. The van der Waals surface area contributed by atoms with Gasteiger partial charge in [0.05, 0.1) is 5.56 Å². The van der Waals surface area contributed by atoms with Gasteiger partial charge in [0.2, 0.25) is 0 Å². The first-order valence-corrected chi connectivity index (χ1v) is 15.3. The van der Waals surface area contributed by atoms with Crippen LogP contribution < -0.4 is 15.4 Å². The minimum absolute atomic E-state index is 0.116. The molecule has 46 heavy (non-hydrogen) atoms. The largest absolute Gasteiger partial charge is 0.480 e. The molecule has 6 aromatic rings. The molecule has 0 aliphatic carbocycles. The molecular weight excluding hydrogens is 596 g/mol. The average molecular weight is 627 g/mol. The van der Waals surface area contributed by atoms with Crippen LogP contribution in [0.1, 0.15) is 21.5 Å². The summed E-state index contributed by atoms with van der Waals surface area (Å²) in [7, 11) is 0. The lowest BCUT2D eigenvalue weighted by Gasteiger charge is -2.18. The molecule has 0 fully saturated rings. The first-order valence-electron chi connectivity index (χ1n) is 14.9. The molecular formula is C39H31ClN2O4. The number of aliphatic carboxylic acids is 1. The zero-order valence-corrected chi connectivity index (χ0v) is 25.6. The standard InChI is InChI=1S/C39H31ClN2O4/c40-31-19-22-36(41-25-30-9-6-8-29-7-4-5-12-34(29)30)35(24-31)38(43)42-37(39(44)45)23-26-13-15-27(16-14-26)28-17-20-33(21-18-28)46-32-10-2-1-3-11-32/h1-22,24,37,41H,23,25H2,(H,42,43)(H,44,45)/t37-/m0/s1. The van der Waals surface area contributed by atoms with Crippen LogP contribution in [0, 0.1) is 0 Å². The number of para-hydroxylation sites is 1. The van der Waals surface area contributed by atoms with Crippen LogP contribution in [-0.2, 0) is 17.8 Å². The van der Waals surface area contributed by atoms with Gasteiger partial charge in [-0.3, -0.25) is 4.79 Å². The number of ether oxygens (including phenoxy) is 1. The maximum Gasteiger partial charge on any atom is 0.326 e. The van der Waals surface area contributed by atoms with Crippen LogP contribution in [0.4, 0.5) is 5.69 Å². The molecule has 0 saturated carbocycles. The van der Waals surface area contributed by atoms with E-state index in [0.29, 0.717) is 17.3 Å². The van der Waals surface area contributed by atoms with Gasteiger partial charge in [0, 0.05) is 23.7 Å². The second-order valence-electron chi connectivity index (χ2n) is 10.9. The van der Waals surface area contributed by atoms with E-state index in [4.69, 9.17) is 16.3 Å². The highest BCUT2D eigenvalue weighted by molar-refractivity contribution is 6.31. The highest BCUT2D eigenvalue weighted by atomic mass is 35.5. The summed E-state index contributed by atoms with van der Waals surface area (Å²) in [6.45, 7) is 0.473. The summed E-state index contributed by atoms with van der Waals surface area (Å²) in [4.78, 5) is 25.7. The van der Waals surface area contributed by atoms with E-state index >= 15 is 0 Å². The van der Waals surface area contributed by atoms with Crippen molar-refractivity contribution in [3.8, 4) is 22.6 Å². The van der Waals surface area contributed by atoms with Crippen molar-refractivity contribution in [3.63, 3.8) is 0 Å². The molecule has 0 heterocycles. The second kappa shape index (κ2) is 14.0. The minimum Gasteiger partial charge on any atom is -0.480 e. The fourth-order valence-corrected chi connectivity index (χ4v) is 5.51. The van der Waals surface area contributed by atoms with E-state index in [2.05, 4.69) is 28.8 Å². The van der Waals surface area contributed by atoms with Crippen LogP contribution >= 0.6 is 11.6 Å². The van der Waals surface area contributed by atoms with E-state index in [1.54, 1.807) is 18.2 Å². The number of anilines is 1. The highest BCUT2D eigenvalue weighted by Gasteiger charge is 2.23. The summed E-state index contributed by atoms with van der Waals surface area (Å²) in [6, 6.07) is 43.0. The Morgan fingerprint density at radius 2 is 1.37 bits per heavy atom. The molecule has 1 amide bonds. The fourth-order valence-electron chi connectivity index (χ4n) is 5.34. The van der Waals surface area contributed by atoms with Crippen LogP contribution in [0.25, 0.3) is 21.9 Å². The molecule has 0 aliphatic rings. The molecule has 6 aromatic carbocycles. The van der Waals surface area contributed by atoms with E-state index in [1.807, 2.05) is 103 Å². The Morgan fingerprint density at radius 1 is 0.717 bits per heavy atom. The zero-order chi connectivity index (χ0) is 31.9. The quantitative estimate of drug-likeness (QED) is 0.134. The van der Waals surface area contributed by atoms with Gasteiger partial charge in [-0.25, -0.2) is 4.79 Å². The number of fused-ring (bicyclic) bond motifs is 1. The number of carbonyl (C=O) groups is 2. The fraction of sp³-hybridized carbons (Fsp3) is 0.0769. The van der Waals surface area contributed by atoms with Crippen LogP contribution in [0.5, 0.6) is 11.5 Å². The number of rotatable bonds is 11. The highest BCUT2D eigenvalue weighted by Crippen LogP contribution is 2.27. The molecule has 3 N–H and O–H groups in total. The van der Waals surface area contributed by atoms with Crippen molar-refractivity contribution in [2.45, 2.75) is 19.0 Å². The van der Waals surface area contributed by atoms with Gasteiger partial charge in [0.15, 0.2) is 0 Å². The molecule has 0 aromatic heterocycles. The number of halogens is 1. The van der Waals surface area contributed by atoms with Crippen LogP contribution in [0.2, 0.25) is 5.02 Å². The van der Waals surface area contributed by atoms with Gasteiger partial charge in [0.25, 0.3) is 5.91 Å². The average Bonchev–Trinajstić information content (AvgIpc) is 3.08. The number of benzene rings is 6. The smallest absolute Gasteiger partial charge is 0.326 e. The zero-order valence-electron chi connectivity index (χ0n) is 24.8. The predicted octanol–water partition coefficient (Wildman–Crippen LogP) is 8.99. The number of amides is 1. The monoisotopic (exact) mass is 626 g/mol. The number of nitrogens with one attached hydrogen (secondary N) is 2. The number of carboxylic acid groups (broad SMARTS) is 1. The molecule has 228 valence electrons. The van der Waals surface area contributed by atoms with Crippen LogP contribution in [-0.4, -0.2) is 23.0 Å². The normalized spacial score (nSPS) is 11.5. The summed E-state index contributed by atoms with van der Waals surface area (Å²) in [5.41, 5.74) is 4.66. The first-order chi connectivity index (χ1) is 22.4. The van der Waals surface area contributed by atoms with Crippen molar-refractivity contribution in [2.24, 2.45) is 0 Å². The van der Waals surface area contributed by atoms with Gasteiger partial charge >= 0.3 is 5.97 Å². The van der Waals surface area contributed by atoms with Crippen molar-refractivity contribution < 1.29 is 19.4 Å². The third-order valence-corrected chi connectivity index (χ3v) is 7.97. The number of hydrogen-bond donors (Lipinski definition) is 3. The SMILES string of the molecule is O=C(N[C@@H](Cc1ccc(-c2ccc(Oc3ccccc3)cc2)cc1)C(=O)O)c1cc(Cl)ccc1NCc1cccc2ccccc12. The topological polar surface area (TPSA) is 87.7 Å². The van der Waals surface area contributed by atoms with Crippen LogP contribution in [0.15, 0.2) is 140 Å². The third-order valence-electron chi connectivity index (χ3n) is 7.74. The van der Waals surface area contributed by atoms with Crippen molar-refractivity contribution in [1.29, 1.82) is 0 Å². The Kier molecular flexibility index (Phi) is 9.27. The van der Waals surface area contributed by atoms with E-state index in [1.165, 1.54) is 0 Å². The van der Waals surface area contributed by atoms with Crippen molar-refractivity contribution in [1.82, 2.24) is 5.32 Å². The van der Waals surface area contributed by atoms with Gasteiger partial charge in [0.1, 0.15) is 17.5 Å². The number of hydrogen-bond acceptors (Lipinski definition) is 4. The maximum atomic E-state index is 13.4. The lowest BCUT2D eigenvalue weighted by atomic mass is 10.00. The Morgan fingerprint density at radius 3 is 2.11 bits per heavy atom. The summed E-state index contributed by atoms with van der Waals surface area (Å²) >= 11 is 6.26. The lowest BCUT2D eigenvalue weighted by Crippen LogP contribution is -2.42. The van der Waals surface area contributed by atoms with Crippen LogP contribution in [0.3, 0.4) is 0 Å². The number of carboxylic acids is 1.